The first-order chi connectivity index (χ1) is 9.97. The van der Waals surface area contributed by atoms with Crippen molar-refractivity contribution in [3.8, 4) is 0 Å². The average molecular weight is 329 g/mol. The third-order valence-corrected chi connectivity index (χ3v) is 6.64. The molecule has 2 unspecified atom stereocenters. The molecule has 2 aliphatic heterocycles. The zero-order valence-corrected chi connectivity index (χ0v) is 13.0. The van der Waals surface area contributed by atoms with E-state index in [1.165, 1.54) is 0 Å². The summed E-state index contributed by atoms with van der Waals surface area (Å²) in [7, 11) is -3.05. The monoisotopic (exact) mass is 328 g/mol. The Labute approximate surface area is 129 Å². The molecular weight excluding hydrogens is 312 g/mol. The van der Waals surface area contributed by atoms with Crippen LogP contribution in [0.15, 0.2) is 24.3 Å². The lowest BCUT2D eigenvalue weighted by Gasteiger charge is -2.27. The summed E-state index contributed by atoms with van der Waals surface area (Å²) in [4.78, 5) is 13.7. The Balaban J connectivity index is 1.81. The molecule has 0 aromatic heterocycles. The Kier molecular flexibility index (Phi) is 3.94. The Morgan fingerprint density at radius 2 is 2.00 bits per heavy atom. The summed E-state index contributed by atoms with van der Waals surface area (Å²) in [6.07, 6.45) is 1.05. The molecule has 1 N–H and O–H groups in total. The summed E-state index contributed by atoms with van der Waals surface area (Å²) in [5, 5.41) is 3.33. The molecular formula is C14H17ClN2O3S. The second-order valence-corrected chi connectivity index (χ2v) is 8.35. The van der Waals surface area contributed by atoms with Crippen LogP contribution in [0.3, 0.4) is 0 Å². The van der Waals surface area contributed by atoms with Crippen LogP contribution >= 0.6 is 11.6 Å². The van der Waals surface area contributed by atoms with Crippen LogP contribution in [-0.2, 0) is 14.6 Å². The lowest BCUT2D eigenvalue weighted by atomic mass is 10.1. The van der Waals surface area contributed by atoms with Gasteiger partial charge in [0.25, 0.3) is 0 Å². The first kappa shape index (κ1) is 14.8. The van der Waals surface area contributed by atoms with Gasteiger partial charge in [-0.1, -0.05) is 23.7 Å². The van der Waals surface area contributed by atoms with Crippen molar-refractivity contribution in [2.24, 2.45) is 0 Å². The number of halogens is 1. The highest BCUT2D eigenvalue weighted by Gasteiger charge is 2.38. The minimum absolute atomic E-state index is 0.0583. The van der Waals surface area contributed by atoms with E-state index in [4.69, 9.17) is 11.6 Å². The number of carbonyl (C=O) groups is 1. The molecule has 0 spiro atoms. The smallest absolute Gasteiger partial charge is 0.238 e. The van der Waals surface area contributed by atoms with Crippen molar-refractivity contribution >= 4 is 27.3 Å². The fraction of sp³-hybridized carbons (Fsp3) is 0.500. The molecule has 0 bridgehead atoms. The van der Waals surface area contributed by atoms with E-state index < -0.39 is 15.1 Å². The van der Waals surface area contributed by atoms with Crippen LogP contribution in [0.2, 0.25) is 5.02 Å². The van der Waals surface area contributed by atoms with Crippen LogP contribution < -0.4 is 5.32 Å². The van der Waals surface area contributed by atoms with Crippen molar-refractivity contribution in [2.45, 2.75) is 24.3 Å². The van der Waals surface area contributed by atoms with Gasteiger partial charge in [0.2, 0.25) is 5.91 Å². The maximum absolute atomic E-state index is 12.1. The predicted octanol–water partition coefficient (Wildman–Crippen LogP) is 1.35. The van der Waals surface area contributed by atoms with Gasteiger partial charge in [-0.3, -0.25) is 10.1 Å². The SMILES string of the molecule is O=C1CNC(c2ccc(Cl)cc2)N1CC1CCCS1(=O)=O. The number of benzene rings is 1. The lowest BCUT2D eigenvalue weighted by Crippen LogP contribution is -2.38. The van der Waals surface area contributed by atoms with E-state index in [-0.39, 0.29) is 30.9 Å². The lowest BCUT2D eigenvalue weighted by molar-refractivity contribution is -0.128. The summed E-state index contributed by atoms with van der Waals surface area (Å²) in [6.45, 7) is 0.502. The Bertz CT molecular complexity index is 645. The number of sulfone groups is 1. The van der Waals surface area contributed by atoms with Gasteiger partial charge in [-0.2, -0.15) is 0 Å². The van der Waals surface area contributed by atoms with Gasteiger partial charge >= 0.3 is 0 Å². The van der Waals surface area contributed by atoms with Crippen molar-refractivity contribution in [2.75, 3.05) is 18.8 Å². The number of rotatable bonds is 3. The zero-order chi connectivity index (χ0) is 15.0. The summed E-state index contributed by atoms with van der Waals surface area (Å²) >= 11 is 5.88. The molecule has 5 nitrogen and oxygen atoms in total. The van der Waals surface area contributed by atoms with Crippen LogP contribution in [-0.4, -0.2) is 43.3 Å². The highest BCUT2D eigenvalue weighted by atomic mass is 35.5. The molecule has 2 fully saturated rings. The van der Waals surface area contributed by atoms with Gasteiger partial charge in [0.15, 0.2) is 9.84 Å². The third kappa shape index (κ3) is 2.93. The second-order valence-electron chi connectivity index (χ2n) is 5.51. The molecule has 2 saturated heterocycles. The van der Waals surface area contributed by atoms with Crippen LogP contribution in [0.4, 0.5) is 0 Å². The van der Waals surface area contributed by atoms with E-state index in [2.05, 4.69) is 5.32 Å². The highest BCUT2D eigenvalue weighted by molar-refractivity contribution is 7.92. The van der Waals surface area contributed by atoms with Gasteiger partial charge in [0.05, 0.1) is 17.5 Å². The Morgan fingerprint density at radius 1 is 1.29 bits per heavy atom. The molecule has 1 aromatic carbocycles. The number of amides is 1. The maximum Gasteiger partial charge on any atom is 0.238 e. The minimum atomic E-state index is -3.05. The Hall–Kier alpha value is -1.11. The fourth-order valence-electron chi connectivity index (χ4n) is 2.97. The molecule has 1 amide bonds. The van der Waals surface area contributed by atoms with Crippen LogP contribution in [0.1, 0.15) is 24.6 Å². The number of carbonyl (C=O) groups excluding carboxylic acids is 1. The number of hydrogen-bond donors (Lipinski definition) is 1. The predicted molar refractivity (Wildman–Crippen MR) is 80.7 cm³/mol. The molecule has 114 valence electrons. The average Bonchev–Trinajstić information content (AvgIpc) is 2.96. The fourth-order valence-corrected chi connectivity index (χ4v) is 4.91. The molecule has 0 aliphatic carbocycles. The first-order valence-electron chi connectivity index (χ1n) is 6.97. The molecule has 21 heavy (non-hydrogen) atoms. The van der Waals surface area contributed by atoms with Gasteiger partial charge < -0.3 is 4.90 Å². The number of nitrogens with zero attached hydrogens (tertiary/aromatic N) is 1. The summed E-state index contributed by atoms with van der Waals surface area (Å²) in [5.41, 5.74) is 0.917. The molecule has 2 atom stereocenters. The van der Waals surface area contributed by atoms with Gasteiger partial charge in [0.1, 0.15) is 6.17 Å². The van der Waals surface area contributed by atoms with E-state index in [1.807, 2.05) is 12.1 Å². The van der Waals surface area contributed by atoms with E-state index in [0.29, 0.717) is 17.9 Å². The van der Waals surface area contributed by atoms with E-state index in [1.54, 1.807) is 17.0 Å². The molecule has 7 heteroatoms. The molecule has 0 radical (unpaired) electrons. The zero-order valence-electron chi connectivity index (χ0n) is 11.5. The largest absolute Gasteiger partial charge is 0.321 e. The van der Waals surface area contributed by atoms with Crippen LogP contribution in [0.25, 0.3) is 0 Å². The molecule has 0 saturated carbocycles. The normalized spacial score (nSPS) is 28.2. The van der Waals surface area contributed by atoms with Crippen molar-refractivity contribution in [1.82, 2.24) is 10.2 Å². The standard InChI is InChI=1S/C14H17ClN2O3S/c15-11-5-3-10(4-6-11)14-16-8-13(18)17(14)9-12-2-1-7-21(12,19)20/h3-6,12,14,16H,1-2,7-9H2. The van der Waals surface area contributed by atoms with Crippen molar-refractivity contribution in [1.29, 1.82) is 0 Å². The number of hydrogen-bond acceptors (Lipinski definition) is 4. The van der Waals surface area contributed by atoms with Crippen molar-refractivity contribution in [3.63, 3.8) is 0 Å². The molecule has 3 rings (SSSR count). The van der Waals surface area contributed by atoms with Gasteiger partial charge in [0, 0.05) is 11.6 Å². The quantitative estimate of drug-likeness (QED) is 0.909. The number of nitrogens with one attached hydrogen (secondary N) is 1. The van der Waals surface area contributed by atoms with Crippen LogP contribution in [0, 0.1) is 0 Å². The van der Waals surface area contributed by atoms with E-state index >= 15 is 0 Å². The maximum atomic E-state index is 12.1. The summed E-state index contributed by atoms with van der Waals surface area (Å²) in [6, 6.07) is 7.25. The van der Waals surface area contributed by atoms with Gasteiger partial charge in [-0.05, 0) is 30.5 Å². The van der Waals surface area contributed by atoms with Crippen molar-refractivity contribution in [3.05, 3.63) is 34.9 Å². The molecule has 1 aromatic rings. The van der Waals surface area contributed by atoms with E-state index in [9.17, 15) is 13.2 Å². The molecule has 2 aliphatic rings. The highest BCUT2D eigenvalue weighted by Crippen LogP contribution is 2.28. The first-order valence-corrected chi connectivity index (χ1v) is 9.06. The van der Waals surface area contributed by atoms with Gasteiger partial charge in [-0.25, -0.2) is 8.42 Å². The third-order valence-electron chi connectivity index (χ3n) is 4.13. The Morgan fingerprint density at radius 3 is 2.62 bits per heavy atom. The summed E-state index contributed by atoms with van der Waals surface area (Å²) in [5.74, 6) is 0.177. The van der Waals surface area contributed by atoms with Crippen LogP contribution in [0.5, 0.6) is 0 Å². The topological polar surface area (TPSA) is 66.5 Å². The van der Waals surface area contributed by atoms with Gasteiger partial charge in [-0.15, -0.1) is 0 Å². The molecule has 2 heterocycles. The van der Waals surface area contributed by atoms with Crippen molar-refractivity contribution < 1.29 is 13.2 Å². The second kappa shape index (κ2) is 5.59. The van der Waals surface area contributed by atoms with E-state index in [0.717, 1.165) is 5.56 Å². The minimum Gasteiger partial charge on any atom is -0.321 e. The summed E-state index contributed by atoms with van der Waals surface area (Å²) < 4.78 is 23.9.